The molecule has 2 amide bonds. The lowest BCUT2D eigenvalue weighted by Crippen LogP contribution is -2.44. The second-order valence-electron chi connectivity index (χ2n) is 8.86. The number of allylic oxidation sites excluding steroid dienone is 1. The first-order valence-corrected chi connectivity index (χ1v) is 12.0. The number of hydrogen-bond acceptors (Lipinski definition) is 5. The topological polar surface area (TPSA) is 83.8 Å². The predicted octanol–water partition coefficient (Wildman–Crippen LogP) is 5.78. The lowest BCUT2D eigenvalue weighted by atomic mass is 9.80. The third-order valence-electron chi connectivity index (χ3n) is 6.61. The van der Waals surface area contributed by atoms with Crippen LogP contribution in [-0.2, 0) is 4.79 Å². The quantitative estimate of drug-likeness (QED) is 0.493. The van der Waals surface area contributed by atoms with E-state index in [2.05, 4.69) is 10.6 Å². The van der Waals surface area contributed by atoms with Gasteiger partial charge in [-0.3, -0.25) is 9.69 Å². The first kappa shape index (κ1) is 22.8. The van der Waals surface area contributed by atoms with Gasteiger partial charge in [-0.15, -0.1) is 0 Å². The molecule has 1 aliphatic heterocycles. The molecular weight excluding hydrogens is 442 g/mol. The molecule has 7 heteroatoms. The van der Waals surface area contributed by atoms with E-state index >= 15 is 0 Å². The molecule has 1 aliphatic carbocycles. The minimum Gasteiger partial charge on any atom is -0.497 e. The fourth-order valence-corrected chi connectivity index (χ4v) is 4.96. The molecule has 180 valence electrons. The average Bonchev–Trinajstić information content (AvgIpc) is 3.37. The summed E-state index contributed by atoms with van der Waals surface area (Å²) in [4.78, 5) is 29.1. The first-order chi connectivity index (χ1) is 17.1. The maximum absolute atomic E-state index is 13.8. The average molecular weight is 472 g/mol. The van der Waals surface area contributed by atoms with Crippen molar-refractivity contribution >= 4 is 23.2 Å². The van der Waals surface area contributed by atoms with Crippen molar-refractivity contribution in [2.75, 3.05) is 23.9 Å². The molecule has 3 aromatic rings. The monoisotopic (exact) mass is 471 g/mol. The van der Waals surface area contributed by atoms with Crippen molar-refractivity contribution in [1.29, 1.82) is 0 Å². The lowest BCUT2D eigenvalue weighted by Gasteiger charge is -2.34. The van der Waals surface area contributed by atoms with Crippen molar-refractivity contribution in [3.05, 3.63) is 89.5 Å². The van der Waals surface area contributed by atoms with Gasteiger partial charge in [0.15, 0.2) is 5.78 Å². The number of furan rings is 1. The summed E-state index contributed by atoms with van der Waals surface area (Å²) in [7, 11) is 1.62. The highest BCUT2D eigenvalue weighted by atomic mass is 16.5. The summed E-state index contributed by atoms with van der Waals surface area (Å²) in [6.07, 6.45) is 3.38. The Balaban J connectivity index is 1.69. The van der Waals surface area contributed by atoms with E-state index in [1.165, 1.54) is 0 Å². The number of nitrogens with one attached hydrogen (secondary N) is 2. The maximum atomic E-state index is 13.8. The number of Topliss-reactive ketones (excluding diaryl/α,β-unsaturated/α-hetero) is 1. The lowest BCUT2D eigenvalue weighted by molar-refractivity contribution is -0.116. The number of hydrogen-bond donors (Lipinski definition) is 2. The van der Waals surface area contributed by atoms with Gasteiger partial charge in [-0.05, 0) is 54.8 Å². The summed E-state index contributed by atoms with van der Waals surface area (Å²) in [6.45, 7) is 2.56. The number of anilines is 2. The van der Waals surface area contributed by atoms with E-state index in [1.54, 1.807) is 18.3 Å². The van der Waals surface area contributed by atoms with Crippen LogP contribution in [0.25, 0.3) is 0 Å². The van der Waals surface area contributed by atoms with Crippen LogP contribution in [-0.4, -0.2) is 25.5 Å². The number of benzene rings is 2. The van der Waals surface area contributed by atoms with Gasteiger partial charge in [0, 0.05) is 30.2 Å². The second kappa shape index (κ2) is 9.70. The molecule has 0 saturated heterocycles. The number of fused-ring (bicyclic) bond motifs is 1. The van der Waals surface area contributed by atoms with Crippen LogP contribution in [0.4, 0.5) is 16.2 Å². The maximum Gasteiger partial charge on any atom is 0.322 e. The number of methoxy groups -OCH3 is 1. The molecule has 2 aliphatic rings. The molecular formula is C28H29N3O4. The van der Waals surface area contributed by atoms with Crippen LogP contribution in [0.5, 0.6) is 5.75 Å². The predicted molar refractivity (Wildman–Crippen MR) is 135 cm³/mol. The number of carbonyl (C=O) groups excluding carboxylic acids is 2. The summed E-state index contributed by atoms with van der Waals surface area (Å²) >= 11 is 0. The molecule has 5 rings (SSSR count). The zero-order valence-electron chi connectivity index (χ0n) is 19.9. The van der Waals surface area contributed by atoms with Crippen molar-refractivity contribution in [2.45, 2.75) is 38.1 Å². The molecule has 0 radical (unpaired) electrons. The summed E-state index contributed by atoms with van der Waals surface area (Å²) in [5, 5.41) is 6.54. The van der Waals surface area contributed by atoms with Gasteiger partial charge in [-0.2, -0.15) is 0 Å². The molecule has 35 heavy (non-hydrogen) atoms. The number of amides is 2. The molecule has 2 N–H and O–H groups in total. The standard InChI is InChI=1S/C28H29N3O4/c1-3-14-29-28(33)31-23-8-5-4-7-21(23)30-22-16-19(25-9-6-15-35-25)17-24(32)26(22)27(31)18-10-12-20(34-2)13-11-18/h4-13,15,19,27,30H,3,14,16-17H2,1-2H3,(H,29,33)/t19-,27+/m1/s1. The van der Waals surface area contributed by atoms with E-state index in [1.807, 2.05) is 67.6 Å². The van der Waals surface area contributed by atoms with E-state index in [4.69, 9.17) is 9.15 Å². The largest absolute Gasteiger partial charge is 0.497 e. The van der Waals surface area contributed by atoms with Crippen LogP contribution in [0.15, 0.2) is 82.6 Å². The number of para-hydroxylation sites is 2. The molecule has 7 nitrogen and oxygen atoms in total. The van der Waals surface area contributed by atoms with Gasteiger partial charge in [-0.1, -0.05) is 31.2 Å². The molecule has 2 atom stereocenters. The highest BCUT2D eigenvalue weighted by Crippen LogP contribution is 2.47. The Labute approximate surface area is 204 Å². The number of carbonyl (C=O) groups is 2. The summed E-state index contributed by atoms with van der Waals surface area (Å²) < 4.78 is 11.0. The van der Waals surface area contributed by atoms with Gasteiger partial charge in [0.1, 0.15) is 11.5 Å². The van der Waals surface area contributed by atoms with Crippen LogP contribution in [0.3, 0.4) is 0 Å². The smallest absolute Gasteiger partial charge is 0.322 e. The van der Waals surface area contributed by atoms with Crippen LogP contribution in [0.1, 0.15) is 49.5 Å². The summed E-state index contributed by atoms with van der Waals surface area (Å²) in [5.41, 5.74) is 3.78. The van der Waals surface area contributed by atoms with E-state index < -0.39 is 6.04 Å². The van der Waals surface area contributed by atoms with Gasteiger partial charge < -0.3 is 19.8 Å². The SMILES string of the molecule is CCCNC(=O)N1c2ccccc2NC2=C(C(=O)C[C@H](c3ccco3)C2)[C@@H]1c1ccc(OC)cc1. The van der Waals surface area contributed by atoms with Crippen LogP contribution < -0.4 is 20.3 Å². The Morgan fingerprint density at radius 2 is 1.91 bits per heavy atom. The zero-order chi connectivity index (χ0) is 24.4. The Kier molecular flexibility index (Phi) is 6.31. The summed E-state index contributed by atoms with van der Waals surface area (Å²) in [5.74, 6) is 1.45. The van der Waals surface area contributed by atoms with Crippen LogP contribution in [0.2, 0.25) is 0 Å². The third kappa shape index (κ3) is 4.30. The number of ketones is 1. The highest BCUT2D eigenvalue weighted by molar-refractivity contribution is 6.06. The van der Waals surface area contributed by atoms with E-state index in [0.29, 0.717) is 30.7 Å². The number of nitrogens with zero attached hydrogens (tertiary/aromatic N) is 1. The number of rotatable bonds is 5. The van der Waals surface area contributed by atoms with Crippen molar-refractivity contribution in [2.24, 2.45) is 0 Å². The molecule has 2 heterocycles. The molecule has 0 saturated carbocycles. The number of urea groups is 1. The second-order valence-corrected chi connectivity index (χ2v) is 8.86. The van der Waals surface area contributed by atoms with Gasteiger partial charge in [0.25, 0.3) is 0 Å². The molecule has 2 aromatic carbocycles. The molecule has 1 aromatic heterocycles. The molecule has 0 fully saturated rings. The van der Waals surface area contributed by atoms with Crippen LogP contribution >= 0.6 is 0 Å². The Morgan fingerprint density at radius 1 is 1.11 bits per heavy atom. The Bertz CT molecular complexity index is 1250. The highest BCUT2D eigenvalue weighted by Gasteiger charge is 2.42. The van der Waals surface area contributed by atoms with Crippen LogP contribution in [0, 0.1) is 0 Å². The van der Waals surface area contributed by atoms with Gasteiger partial charge >= 0.3 is 6.03 Å². The number of ether oxygens (including phenoxy) is 1. The molecule has 0 unspecified atom stereocenters. The molecule has 0 bridgehead atoms. The minimum absolute atomic E-state index is 0.00191. The fourth-order valence-electron chi connectivity index (χ4n) is 4.96. The molecule has 0 spiro atoms. The Hall–Kier alpha value is -4.00. The van der Waals surface area contributed by atoms with Crippen molar-refractivity contribution in [3.8, 4) is 5.75 Å². The van der Waals surface area contributed by atoms with E-state index in [0.717, 1.165) is 34.8 Å². The van der Waals surface area contributed by atoms with Gasteiger partial charge in [-0.25, -0.2) is 4.79 Å². The first-order valence-electron chi connectivity index (χ1n) is 12.0. The minimum atomic E-state index is -0.589. The van der Waals surface area contributed by atoms with Gasteiger partial charge in [0.05, 0.1) is 30.8 Å². The van der Waals surface area contributed by atoms with Crippen molar-refractivity contribution < 1.29 is 18.7 Å². The summed E-state index contributed by atoms with van der Waals surface area (Å²) in [6, 6.07) is 18.2. The zero-order valence-corrected chi connectivity index (χ0v) is 19.9. The Morgan fingerprint density at radius 3 is 2.63 bits per heavy atom. The van der Waals surface area contributed by atoms with E-state index in [-0.39, 0.29) is 17.7 Å². The fraction of sp³-hybridized carbons (Fsp3) is 0.286. The van der Waals surface area contributed by atoms with Crippen molar-refractivity contribution in [1.82, 2.24) is 5.32 Å². The van der Waals surface area contributed by atoms with E-state index in [9.17, 15) is 9.59 Å². The third-order valence-corrected chi connectivity index (χ3v) is 6.61. The normalized spacial score (nSPS) is 19.4. The van der Waals surface area contributed by atoms with Gasteiger partial charge in [0.2, 0.25) is 0 Å². The van der Waals surface area contributed by atoms with Crippen molar-refractivity contribution in [3.63, 3.8) is 0 Å².